The van der Waals surface area contributed by atoms with Crippen LogP contribution in [-0.2, 0) is 12.8 Å². The first-order valence-corrected chi connectivity index (χ1v) is 10.6. The Balaban J connectivity index is 1.42. The van der Waals surface area contributed by atoms with Crippen LogP contribution in [0.25, 0.3) is 0 Å². The van der Waals surface area contributed by atoms with Crippen LogP contribution in [0.15, 0.2) is 18.5 Å². The fourth-order valence-electron chi connectivity index (χ4n) is 5.36. The molecule has 7 nitrogen and oxygen atoms in total. The number of aryl methyl sites for hydroxylation is 1. The predicted molar refractivity (Wildman–Crippen MR) is 109 cm³/mol. The number of anilines is 2. The lowest BCUT2D eigenvalue weighted by molar-refractivity contribution is 0.0306. The molecule has 4 atom stereocenters. The molecule has 150 valence electrons. The standard InChI is InChI=1S/C21H30N6O/c1-25(2)21-23-17-7-4-3-6-16(17)20(24-21)26-12-14-10-18(27-9-5-8-22-27)19(28)11-15(14)13-26/h5,8-9,14-15,18-19,28H,3-4,6-7,10-13H2,1-2H3/t14-,15+,18-,19-/m1/s1. The smallest absolute Gasteiger partial charge is 0.227 e. The van der Waals surface area contributed by atoms with E-state index in [2.05, 4.69) is 10.00 Å². The summed E-state index contributed by atoms with van der Waals surface area (Å²) in [6, 6.07) is 2.03. The van der Waals surface area contributed by atoms with Gasteiger partial charge in [0.05, 0.1) is 17.8 Å². The van der Waals surface area contributed by atoms with Crippen LogP contribution in [0, 0.1) is 11.8 Å². The number of aromatic nitrogens is 4. The van der Waals surface area contributed by atoms with Crippen LogP contribution in [0.2, 0.25) is 0 Å². The Morgan fingerprint density at radius 2 is 1.86 bits per heavy atom. The molecule has 0 radical (unpaired) electrons. The molecule has 2 aromatic rings. The number of rotatable bonds is 3. The van der Waals surface area contributed by atoms with Crippen molar-refractivity contribution in [3.05, 3.63) is 29.7 Å². The lowest BCUT2D eigenvalue weighted by atomic mass is 9.77. The van der Waals surface area contributed by atoms with Gasteiger partial charge in [0.1, 0.15) is 5.82 Å². The highest BCUT2D eigenvalue weighted by Crippen LogP contribution is 2.43. The van der Waals surface area contributed by atoms with E-state index in [0.717, 1.165) is 50.5 Å². The number of nitrogens with zero attached hydrogens (tertiary/aromatic N) is 6. The highest BCUT2D eigenvalue weighted by atomic mass is 16.3. The van der Waals surface area contributed by atoms with Crippen LogP contribution in [0.4, 0.5) is 11.8 Å². The van der Waals surface area contributed by atoms with Gasteiger partial charge in [-0.3, -0.25) is 4.68 Å². The number of aliphatic hydroxyl groups is 1. The van der Waals surface area contributed by atoms with E-state index in [1.165, 1.54) is 24.1 Å². The fraction of sp³-hybridized carbons (Fsp3) is 0.667. The first kappa shape index (κ1) is 17.9. The molecule has 1 aliphatic heterocycles. The second-order valence-electron chi connectivity index (χ2n) is 8.89. The largest absolute Gasteiger partial charge is 0.391 e. The maximum atomic E-state index is 10.7. The zero-order valence-corrected chi connectivity index (χ0v) is 16.8. The molecule has 2 fully saturated rings. The van der Waals surface area contributed by atoms with Gasteiger partial charge < -0.3 is 14.9 Å². The van der Waals surface area contributed by atoms with E-state index in [4.69, 9.17) is 9.97 Å². The summed E-state index contributed by atoms with van der Waals surface area (Å²) >= 11 is 0. The lowest BCUT2D eigenvalue weighted by Gasteiger charge is -2.35. The first-order chi connectivity index (χ1) is 13.6. The number of hydrogen-bond acceptors (Lipinski definition) is 6. The van der Waals surface area contributed by atoms with Crippen LogP contribution in [0.3, 0.4) is 0 Å². The van der Waals surface area contributed by atoms with Gasteiger partial charge in [-0.25, -0.2) is 4.98 Å². The average Bonchev–Trinajstić information content (AvgIpc) is 3.35. The molecule has 0 unspecified atom stereocenters. The fourth-order valence-corrected chi connectivity index (χ4v) is 5.36. The Labute approximate surface area is 166 Å². The van der Waals surface area contributed by atoms with E-state index < -0.39 is 0 Å². The van der Waals surface area contributed by atoms with E-state index in [1.807, 2.05) is 35.9 Å². The Morgan fingerprint density at radius 1 is 1.07 bits per heavy atom. The molecular weight excluding hydrogens is 352 g/mol. The van der Waals surface area contributed by atoms with Gasteiger partial charge in [-0.05, 0) is 56.4 Å². The summed E-state index contributed by atoms with van der Waals surface area (Å²) < 4.78 is 1.94. The van der Waals surface area contributed by atoms with Gasteiger partial charge >= 0.3 is 0 Å². The van der Waals surface area contributed by atoms with Gasteiger partial charge in [0, 0.05) is 45.1 Å². The minimum absolute atomic E-state index is 0.0906. The summed E-state index contributed by atoms with van der Waals surface area (Å²) in [5.74, 6) is 3.07. The highest BCUT2D eigenvalue weighted by molar-refractivity contribution is 5.55. The van der Waals surface area contributed by atoms with Crippen LogP contribution >= 0.6 is 0 Å². The van der Waals surface area contributed by atoms with Crippen molar-refractivity contribution in [1.82, 2.24) is 19.7 Å². The summed E-state index contributed by atoms with van der Waals surface area (Å²) in [4.78, 5) is 14.3. The maximum Gasteiger partial charge on any atom is 0.227 e. The summed E-state index contributed by atoms with van der Waals surface area (Å²) in [7, 11) is 4.03. The highest BCUT2D eigenvalue weighted by Gasteiger charge is 2.43. The van der Waals surface area contributed by atoms with E-state index in [1.54, 1.807) is 6.20 Å². The van der Waals surface area contributed by atoms with Crippen LogP contribution < -0.4 is 9.80 Å². The zero-order valence-electron chi connectivity index (χ0n) is 16.8. The molecule has 1 saturated heterocycles. The van der Waals surface area contributed by atoms with Crippen molar-refractivity contribution in [2.45, 2.75) is 50.7 Å². The third-order valence-corrected chi connectivity index (χ3v) is 6.82. The topological polar surface area (TPSA) is 70.3 Å². The van der Waals surface area contributed by atoms with E-state index in [0.29, 0.717) is 11.8 Å². The van der Waals surface area contributed by atoms with Gasteiger partial charge in [0.15, 0.2) is 0 Å². The SMILES string of the molecule is CN(C)c1nc2c(c(N3C[C@H]4C[C@@H](n5cccn5)[C@H](O)C[C@H]4C3)n1)CCCC2. The van der Waals surface area contributed by atoms with Crippen molar-refractivity contribution < 1.29 is 5.11 Å². The molecule has 28 heavy (non-hydrogen) atoms. The first-order valence-electron chi connectivity index (χ1n) is 10.6. The molecule has 0 amide bonds. The molecular formula is C21H30N6O. The average molecular weight is 383 g/mol. The number of fused-ring (bicyclic) bond motifs is 2. The zero-order chi connectivity index (χ0) is 19.3. The molecule has 3 aliphatic rings. The molecule has 7 heteroatoms. The van der Waals surface area contributed by atoms with Crippen molar-refractivity contribution in [3.63, 3.8) is 0 Å². The third kappa shape index (κ3) is 3.05. The Hall–Kier alpha value is -2.15. The molecule has 1 N–H and O–H groups in total. The molecule has 3 heterocycles. The van der Waals surface area contributed by atoms with Gasteiger partial charge in [-0.1, -0.05) is 0 Å². The van der Waals surface area contributed by atoms with Crippen molar-refractivity contribution >= 4 is 11.8 Å². The van der Waals surface area contributed by atoms with Crippen molar-refractivity contribution in [3.8, 4) is 0 Å². The summed E-state index contributed by atoms with van der Waals surface area (Å²) in [6.45, 7) is 2.01. The maximum absolute atomic E-state index is 10.7. The number of hydrogen-bond donors (Lipinski definition) is 1. The van der Waals surface area contributed by atoms with E-state index >= 15 is 0 Å². The van der Waals surface area contributed by atoms with Crippen molar-refractivity contribution in [1.29, 1.82) is 0 Å². The summed E-state index contributed by atoms with van der Waals surface area (Å²) in [6.07, 6.45) is 9.88. The normalized spacial score (nSPS) is 29.5. The predicted octanol–water partition coefficient (Wildman–Crippen LogP) is 2.07. The van der Waals surface area contributed by atoms with Crippen molar-refractivity contribution in [2.75, 3.05) is 37.0 Å². The molecule has 2 aliphatic carbocycles. The molecule has 5 rings (SSSR count). The van der Waals surface area contributed by atoms with Gasteiger partial charge in [0.25, 0.3) is 0 Å². The van der Waals surface area contributed by atoms with Crippen molar-refractivity contribution in [2.24, 2.45) is 11.8 Å². The molecule has 2 aromatic heterocycles. The third-order valence-electron chi connectivity index (χ3n) is 6.82. The Kier molecular flexibility index (Phi) is 4.50. The van der Waals surface area contributed by atoms with Gasteiger partial charge in [-0.15, -0.1) is 0 Å². The van der Waals surface area contributed by atoms with Crippen LogP contribution in [-0.4, -0.2) is 58.1 Å². The minimum atomic E-state index is -0.322. The second kappa shape index (κ2) is 7.03. The molecule has 0 bridgehead atoms. The Bertz CT molecular complexity index is 836. The van der Waals surface area contributed by atoms with Crippen LogP contribution in [0.5, 0.6) is 0 Å². The quantitative estimate of drug-likeness (QED) is 0.876. The molecule has 0 aromatic carbocycles. The summed E-state index contributed by atoms with van der Waals surface area (Å²) in [5.41, 5.74) is 2.60. The summed E-state index contributed by atoms with van der Waals surface area (Å²) in [5, 5.41) is 15.1. The van der Waals surface area contributed by atoms with E-state index in [9.17, 15) is 5.11 Å². The molecule has 1 saturated carbocycles. The van der Waals surface area contributed by atoms with Crippen LogP contribution in [0.1, 0.15) is 43.0 Å². The van der Waals surface area contributed by atoms with Gasteiger partial charge in [-0.2, -0.15) is 10.1 Å². The minimum Gasteiger partial charge on any atom is -0.391 e. The lowest BCUT2D eigenvalue weighted by Crippen LogP contribution is -2.36. The number of aliphatic hydroxyl groups excluding tert-OH is 1. The Morgan fingerprint density at radius 3 is 2.61 bits per heavy atom. The monoisotopic (exact) mass is 382 g/mol. The second-order valence-corrected chi connectivity index (χ2v) is 8.89. The van der Waals surface area contributed by atoms with Gasteiger partial charge in [0.2, 0.25) is 5.95 Å². The molecule has 0 spiro atoms. The van der Waals surface area contributed by atoms with E-state index in [-0.39, 0.29) is 12.1 Å².